The van der Waals surface area contributed by atoms with Crippen molar-refractivity contribution in [1.82, 2.24) is 15.6 Å². The second-order valence-corrected chi connectivity index (χ2v) is 6.84. The zero-order chi connectivity index (χ0) is 14.8. The van der Waals surface area contributed by atoms with Gasteiger partial charge in [-0.3, -0.25) is 4.79 Å². The summed E-state index contributed by atoms with van der Waals surface area (Å²) in [5, 5.41) is 15.6. The number of carbonyl (C=O) groups is 2. The number of thioether (sulfide) groups is 1. The molecule has 1 aromatic heterocycles. The number of hydrogen-bond donors (Lipinski definition) is 4. The van der Waals surface area contributed by atoms with E-state index in [1.54, 1.807) is 6.20 Å². The molecule has 2 fully saturated rings. The molecule has 114 valence electrons. The normalized spacial score (nSPS) is 28.8. The van der Waals surface area contributed by atoms with E-state index in [1.165, 1.54) is 0 Å². The molecule has 0 aromatic carbocycles. The fraction of sp³-hybridized carbons (Fsp3) is 0.571. The zero-order valence-electron chi connectivity index (χ0n) is 11.5. The van der Waals surface area contributed by atoms with Crippen LogP contribution in [-0.2, 0) is 4.79 Å². The number of H-pyrrole nitrogens is 1. The summed E-state index contributed by atoms with van der Waals surface area (Å²) < 4.78 is 0. The highest BCUT2D eigenvalue weighted by molar-refractivity contribution is 8.00. The summed E-state index contributed by atoms with van der Waals surface area (Å²) in [7, 11) is 0. The first-order valence-corrected chi connectivity index (χ1v) is 8.25. The van der Waals surface area contributed by atoms with Crippen LogP contribution >= 0.6 is 11.8 Å². The van der Waals surface area contributed by atoms with Gasteiger partial charge in [-0.1, -0.05) is 6.42 Å². The highest BCUT2D eigenvalue weighted by Crippen LogP contribution is 2.34. The second-order valence-electron chi connectivity index (χ2n) is 5.57. The van der Waals surface area contributed by atoms with Gasteiger partial charge < -0.3 is 20.7 Å². The predicted octanol–water partition coefficient (Wildman–Crippen LogP) is 1.52. The highest BCUT2D eigenvalue weighted by Gasteiger charge is 2.42. The van der Waals surface area contributed by atoms with E-state index >= 15 is 0 Å². The van der Waals surface area contributed by atoms with Gasteiger partial charge in [0.1, 0.15) is 0 Å². The number of aromatic nitrogens is 1. The average Bonchev–Trinajstić information content (AvgIpc) is 3.12. The Morgan fingerprint density at radius 3 is 3.05 bits per heavy atom. The minimum atomic E-state index is -0.787. The Morgan fingerprint density at radius 1 is 1.48 bits per heavy atom. The smallest absolute Gasteiger partial charge is 0.315 e. The van der Waals surface area contributed by atoms with Crippen molar-refractivity contribution in [3.8, 4) is 0 Å². The van der Waals surface area contributed by atoms with Crippen molar-refractivity contribution >= 4 is 23.8 Å². The van der Waals surface area contributed by atoms with Crippen molar-refractivity contribution in [2.45, 2.75) is 42.5 Å². The van der Waals surface area contributed by atoms with Gasteiger partial charge in [-0.15, -0.1) is 0 Å². The molecule has 7 heteroatoms. The second kappa shape index (κ2) is 6.01. The molecule has 21 heavy (non-hydrogen) atoms. The molecule has 0 aliphatic carbocycles. The Labute approximate surface area is 127 Å². The number of nitrogens with one attached hydrogen (secondary N) is 3. The molecule has 4 N–H and O–H groups in total. The third-order valence-electron chi connectivity index (χ3n) is 4.22. The molecule has 0 spiro atoms. The Kier molecular flexibility index (Phi) is 4.10. The van der Waals surface area contributed by atoms with Crippen molar-refractivity contribution in [1.29, 1.82) is 0 Å². The van der Waals surface area contributed by atoms with Gasteiger partial charge in [0.15, 0.2) is 0 Å². The average molecular weight is 309 g/mol. The number of urea groups is 1. The minimum absolute atomic E-state index is 0.0786. The van der Waals surface area contributed by atoms with E-state index in [9.17, 15) is 14.7 Å². The summed E-state index contributed by atoms with van der Waals surface area (Å²) in [6.45, 7) is 0. The van der Waals surface area contributed by atoms with Crippen molar-refractivity contribution < 1.29 is 14.7 Å². The molecule has 1 aromatic rings. The quantitative estimate of drug-likeness (QED) is 0.599. The lowest BCUT2D eigenvalue weighted by molar-refractivity contribution is -0.139. The van der Waals surface area contributed by atoms with Crippen LogP contribution in [0.1, 0.15) is 30.9 Å². The molecule has 1 unspecified atom stereocenters. The van der Waals surface area contributed by atoms with Gasteiger partial charge in [0, 0.05) is 22.9 Å². The van der Waals surface area contributed by atoms with Gasteiger partial charge in [0.25, 0.3) is 0 Å². The molecule has 4 atom stereocenters. The van der Waals surface area contributed by atoms with E-state index < -0.39 is 11.9 Å². The van der Waals surface area contributed by atoms with E-state index in [2.05, 4.69) is 15.6 Å². The number of aliphatic carboxylic acids is 1. The van der Waals surface area contributed by atoms with Crippen LogP contribution in [0.2, 0.25) is 0 Å². The van der Waals surface area contributed by atoms with Crippen LogP contribution < -0.4 is 10.6 Å². The minimum Gasteiger partial charge on any atom is -0.481 e. The number of aromatic amines is 1. The van der Waals surface area contributed by atoms with E-state index in [1.807, 2.05) is 23.9 Å². The topological polar surface area (TPSA) is 94.2 Å². The largest absolute Gasteiger partial charge is 0.481 e. The molecule has 3 heterocycles. The van der Waals surface area contributed by atoms with Crippen LogP contribution in [0, 0.1) is 0 Å². The number of hydrogen-bond acceptors (Lipinski definition) is 3. The summed E-state index contributed by atoms with van der Waals surface area (Å²) >= 11 is 1.86. The summed E-state index contributed by atoms with van der Waals surface area (Å²) in [4.78, 5) is 25.7. The lowest BCUT2D eigenvalue weighted by Crippen LogP contribution is -2.36. The predicted molar refractivity (Wildman–Crippen MR) is 80.5 cm³/mol. The number of carboxylic acid groups (broad SMARTS) is 1. The fourth-order valence-corrected chi connectivity index (χ4v) is 4.68. The van der Waals surface area contributed by atoms with Gasteiger partial charge in [-0.25, -0.2) is 4.79 Å². The van der Waals surface area contributed by atoms with Crippen LogP contribution in [0.15, 0.2) is 18.3 Å². The lowest BCUT2D eigenvalue weighted by atomic mass is 9.96. The number of carbonyl (C=O) groups excluding carboxylic acids is 1. The molecule has 0 radical (unpaired) electrons. The van der Waals surface area contributed by atoms with Crippen LogP contribution in [0.3, 0.4) is 0 Å². The highest BCUT2D eigenvalue weighted by atomic mass is 32.2. The molecule has 0 saturated carbocycles. The van der Waals surface area contributed by atoms with Crippen LogP contribution in [0.4, 0.5) is 4.79 Å². The zero-order valence-corrected chi connectivity index (χ0v) is 12.4. The first kappa shape index (κ1) is 14.3. The Hall–Kier alpha value is -1.63. The van der Waals surface area contributed by atoms with E-state index in [4.69, 9.17) is 0 Å². The third-order valence-corrected chi connectivity index (χ3v) is 5.72. The van der Waals surface area contributed by atoms with E-state index in [0.29, 0.717) is 11.7 Å². The number of carboxylic acids is 1. The Bertz CT molecular complexity index is 520. The van der Waals surface area contributed by atoms with Crippen molar-refractivity contribution in [2.24, 2.45) is 0 Å². The molecular formula is C14H19N3O3S. The monoisotopic (exact) mass is 309 g/mol. The molecule has 6 nitrogen and oxygen atoms in total. The van der Waals surface area contributed by atoms with Crippen LogP contribution in [-0.4, -0.2) is 45.2 Å². The number of fused-ring (bicyclic) bond motifs is 1. The third kappa shape index (κ3) is 3.02. The van der Waals surface area contributed by atoms with Gasteiger partial charge in [0.2, 0.25) is 0 Å². The summed E-state index contributed by atoms with van der Waals surface area (Å²) in [6.07, 6.45) is 4.14. The van der Waals surface area contributed by atoms with Crippen molar-refractivity contribution in [2.75, 3.05) is 5.75 Å². The molecule has 2 saturated heterocycles. The van der Waals surface area contributed by atoms with E-state index in [-0.39, 0.29) is 18.1 Å². The molecule has 2 amide bonds. The fourth-order valence-electron chi connectivity index (χ4n) is 3.14. The first-order valence-electron chi connectivity index (χ1n) is 7.20. The first-order chi connectivity index (χ1) is 10.1. The van der Waals surface area contributed by atoms with Gasteiger partial charge >= 0.3 is 12.0 Å². The maximum atomic E-state index is 11.4. The summed E-state index contributed by atoms with van der Waals surface area (Å²) in [6, 6.07) is 3.98. The Morgan fingerprint density at radius 2 is 2.33 bits per heavy atom. The van der Waals surface area contributed by atoms with Gasteiger partial charge in [-0.05, 0) is 25.0 Å². The molecule has 0 bridgehead atoms. The van der Waals surface area contributed by atoms with Crippen LogP contribution in [0.5, 0.6) is 0 Å². The molecular weight excluding hydrogens is 290 g/mol. The van der Waals surface area contributed by atoms with Gasteiger partial charge in [0.05, 0.1) is 18.0 Å². The summed E-state index contributed by atoms with van der Waals surface area (Å²) in [5.41, 5.74) is 0.760. The van der Waals surface area contributed by atoms with Gasteiger partial charge in [-0.2, -0.15) is 11.8 Å². The van der Waals surface area contributed by atoms with Crippen molar-refractivity contribution in [3.63, 3.8) is 0 Å². The van der Waals surface area contributed by atoms with E-state index in [0.717, 1.165) is 24.3 Å². The molecule has 2 aliphatic rings. The number of rotatable bonds is 6. The lowest BCUT2D eigenvalue weighted by Gasteiger charge is -2.17. The molecule has 2 aliphatic heterocycles. The standard InChI is InChI=1S/C14H19N3O3S/c18-13(19)8(9-4-2-6-15-9)3-1-5-11-12-10(7-21-11)16-14(20)17-12/h2,4,6,8,10-12,15H,1,3,5,7H2,(H,18,19)(H2,16,17,20)/t8?,10-,11-,12-/m0/s1. The summed E-state index contributed by atoms with van der Waals surface area (Å²) in [5.74, 6) is -0.323. The maximum Gasteiger partial charge on any atom is 0.315 e. The SMILES string of the molecule is O=C1N[C@H]2[C@H](CS[C@H]2CCCC(C(=O)O)c2ccc[nH]2)N1. The number of amides is 2. The Balaban J connectivity index is 1.51. The van der Waals surface area contributed by atoms with Crippen molar-refractivity contribution in [3.05, 3.63) is 24.0 Å². The maximum absolute atomic E-state index is 11.4. The van der Waals surface area contributed by atoms with Crippen LogP contribution in [0.25, 0.3) is 0 Å². The molecule has 3 rings (SSSR count).